The van der Waals surface area contributed by atoms with E-state index in [9.17, 15) is 4.79 Å². The van der Waals surface area contributed by atoms with Crippen molar-refractivity contribution in [1.82, 2.24) is 10.1 Å². The first-order chi connectivity index (χ1) is 13.2. The van der Waals surface area contributed by atoms with Crippen LogP contribution < -0.4 is 5.32 Å². The predicted molar refractivity (Wildman–Crippen MR) is 99.4 cm³/mol. The minimum absolute atomic E-state index is 0.286. The molecule has 0 unspecified atom stereocenters. The van der Waals surface area contributed by atoms with Gasteiger partial charge in [-0.15, -0.1) is 0 Å². The summed E-state index contributed by atoms with van der Waals surface area (Å²) >= 11 is 0. The number of carbonyl (C=O) groups is 1. The molecule has 0 atom stereocenters. The molecule has 1 aromatic carbocycles. The topological polar surface area (TPSA) is 80.7 Å². The van der Waals surface area contributed by atoms with Crippen molar-refractivity contribution in [2.75, 3.05) is 31.6 Å². The van der Waals surface area contributed by atoms with Crippen LogP contribution in [0.3, 0.4) is 0 Å². The SMILES string of the molecule is Cc1c(-c2ccccc2)noc1NC(=O)c1coc(CN2CCOCC2)c1. The minimum Gasteiger partial charge on any atom is -0.467 e. The smallest absolute Gasteiger partial charge is 0.261 e. The quantitative estimate of drug-likeness (QED) is 0.745. The largest absolute Gasteiger partial charge is 0.467 e. The molecule has 4 rings (SSSR count). The summed E-state index contributed by atoms with van der Waals surface area (Å²) in [4.78, 5) is 14.8. The fraction of sp³-hybridized carbons (Fsp3) is 0.300. The summed E-state index contributed by atoms with van der Waals surface area (Å²) in [6.07, 6.45) is 1.47. The van der Waals surface area contributed by atoms with Crippen molar-refractivity contribution in [2.45, 2.75) is 13.5 Å². The van der Waals surface area contributed by atoms with Crippen LogP contribution in [0.15, 0.2) is 51.6 Å². The molecule has 7 nitrogen and oxygen atoms in total. The summed E-state index contributed by atoms with van der Waals surface area (Å²) < 4.78 is 16.2. The van der Waals surface area contributed by atoms with Crippen molar-refractivity contribution in [3.63, 3.8) is 0 Å². The van der Waals surface area contributed by atoms with Crippen molar-refractivity contribution in [1.29, 1.82) is 0 Å². The number of furan rings is 1. The zero-order valence-electron chi connectivity index (χ0n) is 15.1. The van der Waals surface area contributed by atoms with Gasteiger partial charge in [-0.2, -0.15) is 0 Å². The number of amides is 1. The Labute approximate surface area is 156 Å². The molecule has 0 bridgehead atoms. The van der Waals surface area contributed by atoms with Gasteiger partial charge in [0.05, 0.1) is 25.3 Å². The van der Waals surface area contributed by atoms with Crippen LogP contribution in [0.25, 0.3) is 11.3 Å². The highest BCUT2D eigenvalue weighted by Crippen LogP contribution is 2.28. The zero-order chi connectivity index (χ0) is 18.6. The van der Waals surface area contributed by atoms with E-state index in [1.807, 2.05) is 37.3 Å². The molecule has 2 aromatic heterocycles. The minimum atomic E-state index is -0.286. The molecule has 3 heterocycles. The Balaban J connectivity index is 1.43. The average Bonchev–Trinajstić information content (AvgIpc) is 3.31. The van der Waals surface area contributed by atoms with E-state index in [-0.39, 0.29) is 5.91 Å². The lowest BCUT2D eigenvalue weighted by Gasteiger charge is -2.25. The molecule has 1 fully saturated rings. The third-order valence-corrected chi connectivity index (χ3v) is 4.60. The fourth-order valence-electron chi connectivity index (χ4n) is 3.06. The molecule has 27 heavy (non-hydrogen) atoms. The van der Waals surface area contributed by atoms with Gasteiger partial charge in [0.15, 0.2) is 0 Å². The van der Waals surface area contributed by atoms with Gasteiger partial charge in [-0.05, 0) is 13.0 Å². The summed E-state index contributed by atoms with van der Waals surface area (Å²) in [5.41, 5.74) is 2.89. The first-order valence-electron chi connectivity index (χ1n) is 8.91. The maximum Gasteiger partial charge on any atom is 0.261 e. The number of benzene rings is 1. The molecule has 1 aliphatic rings. The Morgan fingerprint density at radius 2 is 2.00 bits per heavy atom. The second kappa shape index (κ2) is 7.77. The van der Waals surface area contributed by atoms with Crippen LogP contribution in [0, 0.1) is 6.92 Å². The molecule has 0 aliphatic carbocycles. The van der Waals surface area contributed by atoms with Crippen molar-refractivity contribution >= 4 is 11.8 Å². The predicted octanol–water partition coefficient (Wildman–Crippen LogP) is 3.33. The molecule has 0 spiro atoms. The lowest BCUT2D eigenvalue weighted by molar-refractivity contribution is 0.0313. The van der Waals surface area contributed by atoms with Crippen molar-refractivity contribution < 1.29 is 18.5 Å². The van der Waals surface area contributed by atoms with Gasteiger partial charge in [0.2, 0.25) is 5.88 Å². The number of hydrogen-bond donors (Lipinski definition) is 1. The molecule has 1 N–H and O–H groups in total. The van der Waals surface area contributed by atoms with Gasteiger partial charge in [-0.3, -0.25) is 15.0 Å². The molecule has 1 saturated heterocycles. The van der Waals surface area contributed by atoms with Crippen LogP contribution in [0.5, 0.6) is 0 Å². The van der Waals surface area contributed by atoms with Crippen LogP contribution in [-0.4, -0.2) is 42.3 Å². The standard InChI is InChI=1S/C20H21N3O4/c1-14-18(15-5-3-2-4-6-15)22-27-20(14)21-19(24)16-11-17(26-13-16)12-23-7-9-25-10-8-23/h2-6,11,13H,7-10,12H2,1H3,(H,21,24). The average molecular weight is 367 g/mol. The third-order valence-electron chi connectivity index (χ3n) is 4.60. The lowest BCUT2D eigenvalue weighted by atomic mass is 10.1. The highest BCUT2D eigenvalue weighted by molar-refractivity contribution is 6.04. The number of carbonyl (C=O) groups excluding carboxylic acids is 1. The Kier molecular flexibility index (Phi) is 5.04. The number of nitrogens with one attached hydrogen (secondary N) is 1. The second-order valence-corrected chi connectivity index (χ2v) is 6.50. The van der Waals surface area contributed by atoms with Crippen LogP contribution >= 0.6 is 0 Å². The van der Waals surface area contributed by atoms with Gasteiger partial charge in [0, 0.05) is 24.2 Å². The van der Waals surface area contributed by atoms with E-state index in [0.29, 0.717) is 23.7 Å². The van der Waals surface area contributed by atoms with Gasteiger partial charge in [-0.1, -0.05) is 35.5 Å². The summed E-state index contributed by atoms with van der Waals surface area (Å²) in [5, 5.41) is 6.86. The third kappa shape index (κ3) is 3.94. The van der Waals surface area contributed by atoms with Crippen LogP contribution in [0.2, 0.25) is 0 Å². The highest BCUT2D eigenvalue weighted by Gasteiger charge is 2.19. The van der Waals surface area contributed by atoms with Gasteiger partial charge in [-0.25, -0.2) is 0 Å². The van der Waals surface area contributed by atoms with Crippen LogP contribution in [-0.2, 0) is 11.3 Å². The summed E-state index contributed by atoms with van der Waals surface area (Å²) in [6, 6.07) is 11.5. The van der Waals surface area contributed by atoms with Crippen LogP contribution in [0.4, 0.5) is 5.88 Å². The maximum atomic E-state index is 12.5. The molecule has 0 saturated carbocycles. The number of rotatable bonds is 5. The molecule has 1 amide bonds. The number of ether oxygens (including phenoxy) is 1. The first kappa shape index (κ1) is 17.5. The fourth-order valence-corrected chi connectivity index (χ4v) is 3.06. The first-order valence-corrected chi connectivity index (χ1v) is 8.91. The van der Waals surface area contributed by atoms with E-state index in [1.165, 1.54) is 6.26 Å². The van der Waals surface area contributed by atoms with Crippen LogP contribution in [0.1, 0.15) is 21.7 Å². The van der Waals surface area contributed by atoms with E-state index >= 15 is 0 Å². The summed E-state index contributed by atoms with van der Waals surface area (Å²) in [7, 11) is 0. The number of hydrogen-bond acceptors (Lipinski definition) is 6. The zero-order valence-corrected chi connectivity index (χ0v) is 15.1. The molecule has 3 aromatic rings. The van der Waals surface area contributed by atoms with Gasteiger partial charge < -0.3 is 13.7 Å². The number of morpholine rings is 1. The Hall–Kier alpha value is -2.90. The molecule has 140 valence electrons. The van der Waals surface area contributed by atoms with E-state index in [4.69, 9.17) is 13.7 Å². The van der Waals surface area contributed by atoms with Gasteiger partial charge >= 0.3 is 0 Å². The molecular weight excluding hydrogens is 346 g/mol. The lowest BCUT2D eigenvalue weighted by Crippen LogP contribution is -2.35. The van der Waals surface area contributed by atoms with Crippen molar-refractivity contribution in [3.05, 3.63) is 59.5 Å². The second-order valence-electron chi connectivity index (χ2n) is 6.50. The van der Waals surface area contributed by atoms with E-state index in [1.54, 1.807) is 6.07 Å². The van der Waals surface area contributed by atoms with Crippen molar-refractivity contribution in [2.24, 2.45) is 0 Å². The van der Waals surface area contributed by atoms with Gasteiger partial charge in [0.25, 0.3) is 5.91 Å². The highest BCUT2D eigenvalue weighted by atomic mass is 16.5. The Morgan fingerprint density at radius 3 is 2.78 bits per heavy atom. The molecular formula is C20H21N3O4. The van der Waals surface area contributed by atoms with Gasteiger partial charge in [0.1, 0.15) is 17.7 Å². The molecule has 7 heteroatoms. The van der Waals surface area contributed by atoms with Crippen molar-refractivity contribution in [3.8, 4) is 11.3 Å². The Morgan fingerprint density at radius 1 is 1.22 bits per heavy atom. The number of anilines is 1. The Bertz CT molecular complexity index is 910. The number of aromatic nitrogens is 1. The monoisotopic (exact) mass is 367 g/mol. The van der Waals surface area contributed by atoms with E-state index in [2.05, 4.69) is 15.4 Å². The maximum absolute atomic E-state index is 12.5. The van der Waals surface area contributed by atoms with E-state index in [0.717, 1.165) is 43.2 Å². The molecule has 1 aliphatic heterocycles. The summed E-state index contributed by atoms with van der Waals surface area (Å²) in [6.45, 7) is 5.71. The normalized spacial score (nSPS) is 15.0. The molecule has 0 radical (unpaired) electrons. The van der Waals surface area contributed by atoms with E-state index < -0.39 is 0 Å². The summed E-state index contributed by atoms with van der Waals surface area (Å²) in [5.74, 6) is 0.807. The number of nitrogens with zero attached hydrogens (tertiary/aromatic N) is 2.